The van der Waals surface area contributed by atoms with Gasteiger partial charge in [0.15, 0.2) is 0 Å². The molecule has 0 spiro atoms. The molecule has 0 amide bonds. The van der Waals surface area contributed by atoms with Crippen LogP contribution in [-0.2, 0) is 4.74 Å². The second kappa shape index (κ2) is 5.48. The van der Waals surface area contributed by atoms with Crippen molar-refractivity contribution in [1.29, 1.82) is 0 Å². The number of hydrogen-bond acceptors (Lipinski definition) is 3. The summed E-state index contributed by atoms with van der Waals surface area (Å²) in [5.41, 5.74) is 5.95. The predicted octanol–water partition coefficient (Wildman–Crippen LogP) is 1.61. The number of morpholine rings is 1. The molecular weight excluding hydrogens is 200 g/mol. The molecule has 2 unspecified atom stereocenters. The standard InChI is InChI=1S/C13H26N2O/c1-10-9-16-11(2)7-15(10)8-12-3-5-13(14)6-4-12/h10-13H,3-9,14H2,1-2H3. The average molecular weight is 226 g/mol. The van der Waals surface area contributed by atoms with Gasteiger partial charge in [-0.25, -0.2) is 0 Å². The van der Waals surface area contributed by atoms with E-state index >= 15 is 0 Å². The summed E-state index contributed by atoms with van der Waals surface area (Å²) in [5.74, 6) is 0.868. The van der Waals surface area contributed by atoms with Crippen LogP contribution >= 0.6 is 0 Å². The van der Waals surface area contributed by atoms with Crippen molar-refractivity contribution in [2.45, 2.75) is 57.7 Å². The van der Waals surface area contributed by atoms with E-state index in [-0.39, 0.29) is 0 Å². The lowest BCUT2D eigenvalue weighted by atomic mass is 9.86. The van der Waals surface area contributed by atoms with Crippen LogP contribution < -0.4 is 5.73 Å². The highest BCUT2D eigenvalue weighted by Gasteiger charge is 2.27. The fourth-order valence-corrected chi connectivity index (χ4v) is 2.93. The van der Waals surface area contributed by atoms with Crippen molar-refractivity contribution in [3.8, 4) is 0 Å². The number of ether oxygens (including phenoxy) is 1. The van der Waals surface area contributed by atoms with E-state index in [2.05, 4.69) is 18.7 Å². The smallest absolute Gasteiger partial charge is 0.0674 e. The lowest BCUT2D eigenvalue weighted by molar-refractivity contribution is -0.0558. The lowest BCUT2D eigenvalue weighted by Crippen LogP contribution is -2.49. The number of nitrogens with two attached hydrogens (primary N) is 1. The zero-order valence-corrected chi connectivity index (χ0v) is 10.7. The van der Waals surface area contributed by atoms with Crippen molar-refractivity contribution in [2.75, 3.05) is 19.7 Å². The third-order valence-corrected chi connectivity index (χ3v) is 4.12. The molecule has 3 nitrogen and oxygen atoms in total. The Hall–Kier alpha value is -0.120. The first-order valence-corrected chi connectivity index (χ1v) is 6.76. The van der Waals surface area contributed by atoms with Crippen LogP contribution in [0.25, 0.3) is 0 Å². The molecule has 2 N–H and O–H groups in total. The highest BCUT2D eigenvalue weighted by atomic mass is 16.5. The van der Waals surface area contributed by atoms with E-state index in [1.54, 1.807) is 0 Å². The van der Waals surface area contributed by atoms with Gasteiger partial charge in [-0.3, -0.25) is 4.90 Å². The largest absolute Gasteiger partial charge is 0.376 e. The minimum Gasteiger partial charge on any atom is -0.376 e. The zero-order chi connectivity index (χ0) is 11.5. The number of rotatable bonds is 2. The van der Waals surface area contributed by atoms with Gasteiger partial charge in [0.2, 0.25) is 0 Å². The molecule has 1 aliphatic heterocycles. The van der Waals surface area contributed by atoms with E-state index < -0.39 is 0 Å². The first kappa shape index (κ1) is 12.3. The van der Waals surface area contributed by atoms with E-state index in [0.29, 0.717) is 18.2 Å². The van der Waals surface area contributed by atoms with Gasteiger partial charge in [-0.15, -0.1) is 0 Å². The van der Waals surface area contributed by atoms with Gasteiger partial charge in [0.1, 0.15) is 0 Å². The van der Waals surface area contributed by atoms with E-state index in [0.717, 1.165) is 19.1 Å². The van der Waals surface area contributed by atoms with Crippen molar-refractivity contribution in [3.05, 3.63) is 0 Å². The monoisotopic (exact) mass is 226 g/mol. The summed E-state index contributed by atoms with van der Waals surface area (Å²) in [6.45, 7) is 7.70. The highest BCUT2D eigenvalue weighted by molar-refractivity contribution is 4.81. The summed E-state index contributed by atoms with van der Waals surface area (Å²) in [4.78, 5) is 2.61. The Kier molecular flexibility index (Phi) is 4.22. The first-order chi connectivity index (χ1) is 7.65. The molecule has 1 heterocycles. The van der Waals surface area contributed by atoms with Gasteiger partial charge in [0, 0.05) is 25.2 Å². The quantitative estimate of drug-likeness (QED) is 0.777. The van der Waals surface area contributed by atoms with E-state index in [9.17, 15) is 0 Å². The molecule has 3 heteroatoms. The molecule has 16 heavy (non-hydrogen) atoms. The molecule has 2 fully saturated rings. The minimum absolute atomic E-state index is 0.405. The maximum absolute atomic E-state index is 5.95. The van der Waals surface area contributed by atoms with Crippen molar-refractivity contribution >= 4 is 0 Å². The molecule has 1 saturated heterocycles. The van der Waals surface area contributed by atoms with Crippen molar-refractivity contribution < 1.29 is 4.74 Å². The van der Waals surface area contributed by atoms with Crippen molar-refractivity contribution in [1.82, 2.24) is 4.90 Å². The maximum Gasteiger partial charge on any atom is 0.0674 e. The third-order valence-electron chi connectivity index (χ3n) is 4.12. The van der Waals surface area contributed by atoms with Crippen LogP contribution in [0.3, 0.4) is 0 Å². The van der Waals surface area contributed by atoms with Crippen LogP contribution in [0.2, 0.25) is 0 Å². The van der Waals surface area contributed by atoms with E-state index in [4.69, 9.17) is 10.5 Å². The Bertz CT molecular complexity index is 214. The van der Waals surface area contributed by atoms with Crippen LogP contribution in [0.1, 0.15) is 39.5 Å². The van der Waals surface area contributed by atoms with Gasteiger partial charge in [0.05, 0.1) is 12.7 Å². The second-order valence-electron chi connectivity index (χ2n) is 5.73. The summed E-state index contributed by atoms with van der Waals surface area (Å²) in [6, 6.07) is 1.06. The normalized spacial score (nSPS) is 42.2. The lowest BCUT2D eigenvalue weighted by Gasteiger charge is -2.40. The SMILES string of the molecule is CC1CN(CC2CCC(N)CC2)C(C)CO1. The molecule has 94 valence electrons. The van der Waals surface area contributed by atoms with E-state index in [1.807, 2.05) is 0 Å². The van der Waals surface area contributed by atoms with Crippen molar-refractivity contribution in [2.24, 2.45) is 11.7 Å². The summed E-state index contributed by atoms with van der Waals surface area (Å²) in [6.07, 6.45) is 5.49. The Morgan fingerprint density at radius 1 is 1.19 bits per heavy atom. The van der Waals surface area contributed by atoms with Crippen LogP contribution in [0.4, 0.5) is 0 Å². The number of nitrogens with zero attached hydrogens (tertiary/aromatic N) is 1. The molecule has 1 aliphatic carbocycles. The van der Waals surface area contributed by atoms with Crippen LogP contribution in [-0.4, -0.2) is 42.8 Å². The molecule has 2 atom stereocenters. The summed E-state index contributed by atoms with van der Waals surface area (Å²) < 4.78 is 5.66. The molecule has 2 aliphatic rings. The van der Waals surface area contributed by atoms with Gasteiger partial charge >= 0.3 is 0 Å². The van der Waals surface area contributed by atoms with Crippen molar-refractivity contribution in [3.63, 3.8) is 0 Å². The fourth-order valence-electron chi connectivity index (χ4n) is 2.93. The zero-order valence-electron chi connectivity index (χ0n) is 10.7. The summed E-state index contributed by atoms with van der Waals surface area (Å²) in [5, 5.41) is 0. The molecule has 0 radical (unpaired) electrons. The van der Waals surface area contributed by atoms with Crippen LogP contribution in [0.15, 0.2) is 0 Å². The Labute approximate surface area is 99.3 Å². The third kappa shape index (κ3) is 3.19. The fraction of sp³-hybridized carbons (Fsp3) is 1.00. The molecule has 0 aromatic carbocycles. The topological polar surface area (TPSA) is 38.5 Å². The highest BCUT2D eigenvalue weighted by Crippen LogP contribution is 2.25. The van der Waals surface area contributed by atoms with Gasteiger partial charge in [-0.05, 0) is 45.4 Å². The Morgan fingerprint density at radius 2 is 1.88 bits per heavy atom. The first-order valence-electron chi connectivity index (χ1n) is 6.76. The molecule has 0 bridgehead atoms. The molecule has 2 rings (SSSR count). The predicted molar refractivity (Wildman–Crippen MR) is 66.4 cm³/mol. The van der Waals surface area contributed by atoms with E-state index in [1.165, 1.54) is 32.2 Å². The van der Waals surface area contributed by atoms with Gasteiger partial charge < -0.3 is 10.5 Å². The van der Waals surface area contributed by atoms with Gasteiger partial charge in [0.25, 0.3) is 0 Å². The molecule has 0 aromatic heterocycles. The van der Waals surface area contributed by atoms with Crippen LogP contribution in [0.5, 0.6) is 0 Å². The van der Waals surface area contributed by atoms with Gasteiger partial charge in [-0.2, -0.15) is 0 Å². The van der Waals surface area contributed by atoms with Crippen LogP contribution in [0, 0.1) is 5.92 Å². The minimum atomic E-state index is 0.405. The second-order valence-corrected chi connectivity index (χ2v) is 5.73. The molecule has 1 saturated carbocycles. The Morgan fingerprint density at radius 3 is 2.56 bits per heavy atom. The summed E-state index contributed by atoms with van der Waals surface area (Å²) in [7, 11) is 0. The molecular formula is C13H26N2O. The average Bonchev–Trinajstić information content (AvgIpc) is 2.27. The van der Waals surface area contributed by atoms with Gasteiger partial charge in [-0.1, -0.05) is 0 Å². The molecule has 0 aromatic rings. The number of hydrogen-bond donors (Lipinski definition) is 1. The maximum atomic E-state index is 5.95. The Balaban J connectivity index is 1.79. The summed E-state index contributed by atoms with van der Waals surface area (Å²) >= 11 is 0.